The summed E-state index contributed by atoms with van der Waals surface area (Å²) in [5.74, 6) is 2.21. The first-order chi connectivity index (χ1) is 14.0. The molecule has 0 saturated carbocycles. The lowest BCUT2D eigenvalue weighted by atomic mass is 9.77. The lowest BCUT2D eigenvalue weighted by molar-refractivity contribution is 0.0223. The summed E-state index contributed by atoms with van der Waals surface area (Å²) in [5.41, 5.74) is 1.82. The Morgan fingerprint density at radius 1 is 0.828 bits per heavy atom. The standard InChI is InChI=1S/C22H14I2O5/c1-26-19-9-17-13(7-15(19)23)22(12-6-4-3-5-11(12)21(25)29-22)14-8-16(24)20(27-2)10-18(14)28-17/h3-10H,1-2H3. The van der Waals surface area contributed by atoms with Gasteiger partial charge in [0.25, 0.3) is 0 Å². The van der Waals surface area contributed by atoms with E-state index in [4.69, 9.17) is 18.9 Å². The Kier molecular flexibility index (Phi) is 4.43. The largest absolute Gasteiger partial charge is 0.496 e. The Bertz CT molecular complexity index is 1130. The molecule has 2 aliphatic heterocycles. The molecule has 1 spiro atoms. The molecule has 7 heteroatoms. The van der Waals surface area contributed by atoms with Crippen LogP contribution in [-0.4, -0.2) is 20.2 Å². The quantitative estimate of drug-likeness (QED) is 0.284. The lowest BCUT2D eigenvalue weighted by Crippen LogP contribution is -2.33. The van der Waals surface area contributed by atoms with E-state index in [1.165, 1.54) is 0 Å². The third kappa shape index (κ3) is 2.59. The molecule has 5 rings (SSSR count). The van der Waals surface area contributed by atoms with Gasteiger partial charge in [0.05, 0.1) is 26.9 Å². The highest BCUT2D eigenvalue weighted by Crippen LogP contribution is 2.58. The van der Waals surface area contributed by atoms with E-state index in [0.29, 0.717) is 28.6 Å². The van der Waals surface area contributed by atoms with Crippen molar-refractivity contribution >= 4 is 51.2 Å². The molecular weight excluding hydrogens is 598 g/mol. The molecule has 0 bridgehead atoms. The monoisotopic (exact) mass is 612 g/mol. The van der Waals surface area contributed by atoms with Crippen LogP contribution < -0.4 is 14.2 Å². The molecule has 0 aromatic heterocycles. The maximum absolute atomic E-state index is 12.9. The molecule has 2 aliphatic rings. The van der Waals surface area contributed by atoms with Crippen LogP contribution in [0.5, 0.6) is 23.0 Å². The number of esters is 1. The first kappa shape index (κ1) is 19.0. The average molecular weight is 612 g/mol. The molecule has 2 heterocycles. The van der Waals surface area contributed by atoms with Gasteiger partial charge in [-0.15, -0.1) is 0 Å². The zero-order valence-electron chi connectivity index (χ0n) is 15.4. The van der Waals surface area contributed by atoms with Gasteiger partial charge in [-0.25, -0.2) is 4.79 Å². The van der Waals surface area contributed by atoms with Crippen LogP contribution in [0.15, 0.2) is 48.5 Å². The molecule has 3 aromatic carbocycles. The maximum Gasteiger partial charge on any atom is 0.340 e. The van der Waals surface area contributed by atoms with Gasteiger partial charge < -0.3 is 18.9 Å². The summed E-state index contributed by atoms with van der Waals surface area (Å²) < 4.78 is 25.2. The zero-order chi connectivity index (χ0) is 20.3. The number of hydrogen-bond acceptors (Lipinski definition) is 5. The number of fused-ring (bicyclic) bond motifs is 6. The van der Waals surface area contributed by atoms with Crippen molar-refractivity contribution in [3.8, 4) is 23.0 Å². The van der Waals surface area contributed by atoms with Crippen molar-refractivity contribution in [3.63, 3.8) is 0 Å². The van der Waals surface area contributed by atoms with E-state index in [-0.39, 0.29) is 5.97 Å². The van der Waals surface area contributed by atoms with Crippen LogP contribution in [0, 0.1) is 7.14 Å². The minimum Gasteiger partial charge on any atom is -0.496 e. The Morgan fingerprint density at radius 2 is 1.38 bits per heavy atom. The van der Waals surface area contributed by atoms with Crippen molar-refractivity contribution in [2.45, 2.75) is 5.60 Å². The van der Waals surface area contributed by atoms with Gasteiger partial charge in [0, 0.05) is 28.8 Å². The molecule has 0 radical (unpaired) electrons. The van der Waals surface area contributed by atoms with E-state index in [1.807, 2.05) is 42.5 Å². The molecule has 0 aliphatic carbocycles. The fraction of sp³-hybridized carbons (Fsp3) is 0.136. The highest BCUT2D eigenvalue weighted by Gasteiger charge is 2.54. The highest BCUT2D eigenvalue weighted by atomic mass is 127. The number of rotatable bonds is 2. The smallest absolute Gasteiger partial charge is 0.340 e. The molecule has 0 N–H and O–H groups in total. The van der Waals surface area contributed by atoms with Crippen molar-refractivity contribution < 1.29 is 23.7 Å². The SMILES string of the molecule is COc1cc2c(cc1I)C1(OC(=O)c3ccccc31)c1cc(I)c(OC)cc1O2. The van der Waals surface area contributed by atoms with Gasteiger partial charge in [0.2, 0.25) is 0 Å². The first-order valence-electron chi connectivity index (χ1n) is 8.76. The summed E-state index contributed by atoms with van der Waals surface area (Å²) in [6.45, 7) is 0. The van der Waals surface area contributed by atoms with Crippen LogP contribution >= 0.6 is 45.2 Å². The predicted molar refractivity (Wildman–Crippen MR) is 123 cm³/mol. The fourth-order valence-electron chi connectivity index (χ4n) is 3.98. The van der Waals surface area contributed by atoms with Crippen LogP contribution in [-0.2, 0) is 10.3 Å². The Balaban J connectivity index is 1.90. The average Bonchev–Trinajstić information content (AvgIpc) is 3.02. The van der Waals surface area contributed by atoms with Crippen molar-refractivity contribution in [2.24, 2.45) is 0 Å². The second kappa shape index (κ2) is 6.76. The van der Waals surface area contributed by atoms with E-state index < -0.39 is 5.60 Å². The van der Waals surface area contributed by atoms with E-state index >= 15 is 0 Å². The van der Waals surface area contributed by atoms with Crippen molar-refractivity contribution in [1.29, 1.82) is 0 Å². The number of ether oxygens (including phenoxy) is 4. The summed E-state index contributed by atoms with van der Waals surface area (Å²) in [6, 6.07) is 15.1. The molecule has 29 heavy (non-hydrogen) atoms. The lowest BCUT2D eigenvalue weighted by Gasteiger charge is -2.37. The van der Waals surface area contributed by atoms with Gasteiger partial charge in [-0.05, 0) is 63.4 Å². The van der Waals surface area contributed by atoms with Gasteiger partial charge in [-0.3, -0.25) is 0 Å². The van der Waals surface area contributed by atoms with E-state index in [1.54, 1.807) is 20.3 Å². The molecule has 0 unspecified atom stereocenters. The Labute approximate surface area is 194 Å². The van der Waals surface area contributed by atoms with Crippen molar-refractivity contribution in [2.75, 3.05) is 14.2 Å². The Hall–Kier alpha value is -2.01. The van der Waals surface area contributed by atoms with Crippen LogP contribution in [0.25, 0.3) is 0 Å². The molecule has 0 saturated heterocycles. The molecule has 3 aromatic rings. The number of benzene rings is 3. The van der Waals surface area contributed by atoms with E-state index in [9.17, 15) is 4.79 Å². The van der Waals surface area contributed by atoms with Crippen LogP contribution in [0.4, 0.5) is 0 Å². The summed E-state index contributed by atoms with van der Waals surface area (Å²) in [6.07, 6.45) is 0. The fourth-order valence-corrected chi connectivity index (χ4v) is 5.36. The summed E-state index contributed by atoms with van der Waals surface area (Å²) in [4.78, 5) is 12.9. The third-order valence-corrected chi connectivity index (χ3v) is 6.94. The third-order valence-electron chi connectivity index (χ3n) is 5.26. The highest BCUT2D eigenvalue weighted by molar-refractivity contribution is 14.1. The topological polar surface area (TPSA) is 54.0 Å². The number of hydrogen-bond donors (Lipinski definition) is 0. The normalized spacial score (nSPS) is 15.1. The van der Waals surface area contributed by atoms with Crippen LogP contribution in [0.2, 0.25) is 0 Å². The van der Waals surface area contributed by atoms with Crippen molar-refractivity contribution in [3.05, 3.63) is 77.9 Å². The molecular formula is C22H14I2O5. The van der Waals surface area contributed by atoms with Gasteiger partial charge in [0.1, 0.15) is 23.0 Å². The number of methoxy groups -OCH3 is 2. The molecule has 0 fully saturated rings. The minimum absolute atomic E-state index is 0.351. The van der Waals surface area contributed by atoms with Gasteiger partial charge in [-0.2, -0.15) is 0 Å². The van der Waals surface area contributed by atoms with Gasteiger partial charge in [0.15, 0.2) is 5.60 Å². The summed E-state index contributed by atoms with van der Waals surface area (Å²) in [5, 5.41) is 0. The summed E-state index contributed by atoms with van der Waals surface area (Å²) >= 11 is 4.43. The van der Waals surface area contributed by atoms with E-state index in [0.717, 1.165) is 23.8 Å². The van der Waals surface area contributed by atoms with Crippen LogP contribution in [0.1, 0.15) is 27.0 Å². The number of halogens is 2. The van der Waals surface area contributed by atoms with Crippen molar-refractivity contribution in [1.82, 2.24) is 0 Å². The van der Waals surface area contributed by atoms with E-state index in [2.05, 4.69) is 45.2 Å². The second-order valence-corrected chi connectivity index (χ2v) is 9.01. The zero-order valence-corrected chi connectivity index (χ0v) is 19.7. The van der Waals surface area contributed by atoms with Gasteiger partial charge >= 0.3 is 5.97 Å². The molecule has 146 valence electrons. The van der Waals surface area contributed by atoms with Crippen LogP contribution in [0.3, 0.4) is 0 Å². The maximum atomic E-state index is 12.9. The predicted octanol–water partition coefficient (Wildman–Crippen LogP) is 5.48. The summed E-state index contributed by atoms with van der Waals surface area (Å²) in [7, 11) is 3.24. The van der Waals surface area contributed by atoms with Gasteiger partial charge in [-0.1, -0.05) is 18.2 Å². The Morgan fingerprint density at radius 3 is 1.93 bits per heavy atom. The second-order valence-electron chi connectivity index (χ2n) is 6.68. The number of carbonyl (C=O) groups excluding carboxylic acids is 1. The minimum atomic E-state index is -1.09. The molecule has 0 atom stereocenters. The first-order valence-corrected chi connectivity index (χ1v) is 10.9. The molecule has 5 nitrogen and oxygen atoms in total. The number of carbonyl (C=O) groups is 1. The molecule has 0 amide bonds.